The van der Waals surface area contributed by atoms with Crippen LogP contribution in [0.2, 0.25) is 0 Å². The summed E-state index contributed by atoms with van der Waals surface area (Å²) in [5.74, 6) is 0. The van der Waals surface area contributed by atoms with Crippen LogP contribution in [0.15, 0.2) is 29.8 Å². The Morgan fingerprint density at radius 3 is 3.10 bits per heavy atom. The fraction of sp³-hybridized carbons (Fsp3) is 0.438. The van der Waals surface area contributed by atoms with Crippen LogP contribution < -0.4 is 10.6 Å². The van der Waals surface area contributed by atoms with E-state index in [1.807, 2.05) is 11.6 Å². The maximum atomic E-state index is 4.42. The van der Waals surface area contributed by atoms with E-state index in [-0.39, 0.29) is 5.54 Å². The Labute approximate surface area is 124 Å². The minimum absolute atomic E-state index is 0.0810. The highest BCUT2D eigenvalue weighted by Crippen LogP contribution is 2.25. The zero-order valence-electron chi connectivity index (χ0n) is 12.1. The Morgan fingerprint density at radius 2 is 2.30 bits per heavy atom. The molecule has 0 amide bonds. The summed E-state index contributed by atoms with van der Waals surface area (Å²) < 4.78 is 0. The molecule has 0 saturated heterocycles. The van der Waals surface area contributed by atoms with Crippen molar-refractivity contribution < 1.29 is 0 Å². The van der Waals surface area contributed by atoms with E-state index in [9.17, 15) is 0 Å². The van der Waals surface area contributed by atoms with Crippen molar-refractivity contribution >= 4 is 17.0 Å². The number of aromatic nitrogens is 1. The molecule has 0 unspecified atom stereocenters. The smallest absolute Gasteiger partial charge is 0.112 e. The molecule has 4 heteroatoms. The van der Waals surface area contributed by atoms with E-state index < -0.39 is 0 Å². The SMILES string of the molecule is CC(C)(NCc1ccc2c(c1)CCCN2)c1nccs1. The van der Waals surface area contributed by atoms with Crippen LogP contribution in [-0.2, 0) is 18.5 Å². The summed E-state index contributed by atoms with van der Waals surface area (Å²) in [5, 5.41) is 10.2. The molecule has 1 aliphatic heterocycles. The molecular formula is C16H21N3S. The number of nitrogens with one attached hydrogen (secondary N) is 2. The summed E-state index contributed by atoms with van der Waals surface area (Å²) in [5.41, 5.74) is 4.02. The molecule has 2 heterocycles. The fourth-order valence-corrected chi connectivity index (χ4v) is 3.31. The second kappa shape index (κ2) is 5.54. The Kier molecular flexibility index (Phi) is 3.76. The number of benzene rings is 1. The predicted octanol–water partition coefficient (Wildman–Crippen LogP) is 3.53. The summed E-state index contributed by atoms with van der Waals surface area (Å²) >= 11 is 1.70. The molecule has 3 rings (SSSR count). The molecular weight excluding hydrogens is 266 g/mol. The van der Waals surface area contributed by atoms with Gasteiger partial charge in [0, 0.05) is 30.4 Å². The van der Waals surface area contributed by atoms with Gasteiger partial charge in [-0.3, -0.25) is 0 Å². The van der Waals surface area contributed by atoms with Gasteiger partial charge in [-0.25, -0.2) is 4.98 Å². The number of anilines is 1. The molecule has 0 fully saturated rings. The standard InChI is InChI=1S/C16H21N3S/c1-16(2,15-18-8-9-20-15)19-11-12-5-6-14-13(10-12)4-3-7-17-14/h5-6,8-10,17,19H,3-4,7,11H2,1-2H3. The number of hydrogen-bond acceptors (Lipinski definition) is 4. The first-order chi connectivity index (χ1) is 9.65. The Hall–Kier alpha value is -1.39. The second-order valence-electron chi connectivity index (χ2n) is 5.84. The average molecular weight is 287 g/mol. The number of rotatable bonds is 4. The first-order valence-electron chi connectivity index (χ1n) is 7.16. The largest absolute Gasteiger partial charge is 0.385 e. The average Bonchev–Trinajstić information content (AvgIpc) is 3.00. The van der Waals surface area contributed by atoms with Gasteiger partial charge in [0.15, 0.2) is 0 Å². The van der Waals surface area contributed by atoms with Crippen LogP contribution in [0.3, 0.4) is 0 Å². The van der Waals surface area contributed by atoms with Crippen LogP contribution in [0, 0.1) is 0 Å². The maximum absolute atomic E-state index is 4.42. The van der Waals surface area contributed by atoms with Crippen molar-refractivity contribution in [3.63, 3.8) is 0 Å². The highest BCUT2D eigenvalue weighted by atomic mass is 32.1. The summed E-state index contributed by atoms with van der Waals surface area (Å²) in [6.45, 7) is 6.35. The van der Waals surface area contributed by atoms with E-state index in [0.29, 0.717) is 0 Å². The third kappa shape index (κ3) is 2.86. The van der Waals surface area contributed by atoms with E-state index in [2.05, 4.69) is 47.7 Å². The van der Waals surface area contributed by atoms with Gasteiger partial charge >= 0.3 is 0 Å². The Bertz CT molecular complexity index is 575. The molecule has 20 heavy (non-hydrogen) atoms. The number of aryl methyl sites for hydroxylation is 1. The number of nitrogens with zero attached hydrogens (tertiary/aromatic N) is 1. The molecule has 0 spiro atoms. The summed E-state index contributed by atoms with van der Waals surface area (Å²) in [4.78, 5) is 4.42. The minimum Gasteiger partial charge on any atom is -0.385 e. The molecule has 1 aromatic carbocycles. The van der Waals surface area contributed by atoms with Crippen molar-refractivity contribution in [3.05, 3.63) is 45.9 Å². The lowest BCUT2D eigenvalue weighted by Gasteiger charge is -2.25. The molecule has 2 N–H and O–H groups in total. The lowest BCUT2D eigenvalue weighted by molar-refractivity contribution is 0.399. The monoisotopic (exact) mass is 287 g/mol. The fourth-order valence-electron chi connectivity index (χ4n) is 2.57. The molecule has 0 atom stereocenters. The first-order valence-corrected chi connectivity index (χ1v) is 8.04. The van der Waals surface area contributed by atoms with Crippen LogP contribution in [-0.4, -0.2) is 11.5 Å². The summed E-state index contributed by atoms with van der Waals surface area (Å²) in [7, 11) is 0. The topological polar surface area (TPSA) is 37.0 Å². The van der Waals surface area contributed by atoms with Crippen molar-refractivity contribution in [2.45, 2.75) is 38.8 Å². The van der Waals surface area contributed by atoms with Crippen LogP contribution in [0.4, 0.5) is 5.69 Å². The molecule has 1 aliphatic rings. The minimum atomic E-state index is -0.0810. The highest BCUT2D eigenvalue weighted by molar-refractivity contribution is 7.09. The maximum Gasteiger partial charge on any atom is 0.112 e. The number of fused-ring (bicyclic) bond motifs is 1. The van der Waals surface area contributed by atoms with E-state index in [0.717, 1.165) is 18.1 Å². The van der Waals surface area contributed by atoms with Crippen molar-refractivity contribution in [2.24, 2.45) is 0 Å². The Balaban J connectivity index is 1.69. The number of thiazole rings is 1. The molecule has 2 aromatic rings. The van der Waals surface area contributed by atoms with E-state index in [4.69, 9.17) is 0 Å². The summed E-state index contributed by atoms with van der Waals surface area (Å²) in [6, 6.07) is 6.75. The second-order valence-corrected chi connectivity index (χ2v) is 6.73. The zero-order chi connectivity index (χ0) is 14.0. The van der Waals surface area contributed by atoms with Gasteiger partial charge in [0.2, 0.25) is 0 Å². The lowest BCUT2D eigenvalue weighted by Crippen LogP contribution is -2.35. The van der Waals surface area contributed by atoms with Gasteiger partial charge in [-0.1, -0.05) is 12.1 Å². The van der Waals surface area contributed by atoms with Crippen LogP contribution in [0.1, 0.15) is 36.4 Å². The van der Waals surface area contributed by atoms with Gasteiger partial charge in [-0.05, 0) is 43.9 Å². The summed E-state index contributed by atoms with van der Waals surface area (Å²) in [6.07, 6.45) is 4.29. The van der Waals surface area contributed by atoms with Crippen molar-refractivity contribution in [2.75, 3.05) is 11.9 Å². The van der Waals surface area contributed by atoms with Crippen LogP contribution in [0.25, 0.3) is 0 Å². The van der Waals surface area contributed by atoms with Crippen molar-refractivity contribution in [3.8, 4) is 0 Å². The van der Waals surface area contributed by atoms with Crippen molar-refractivity contribution in [1.29, 1.82) is 0 Å². The van der Waals surface area contributed by atoms with Gasteiger partial charge in [0.25, 0.3) is 0 Å². The third-order valence-electron chi connectivity index (χ3n) is 3.81. The lowest BCUT2D eigenvalue weighted by atomic mass is 10.00. The zero-order valence-corrected chi connectivity index (χ0v) is 12.9. The van der Waals surface area contributed by atoms with E-state index in [1.54, 1.807) is 11.3 Å². The normalized spacial score (nSPS) is 14.7. The van der Waals surface area contributed by atoms with E-state index >= 15 is 0 Å². The van der Waals surface area contributed by atoms with Gasteiger partial charge in [0.05, 0.1) is 5.54 Å². The van der Waals surface area contributed by atoms with Gasteiger partial charge in [-0.15, -0.1) is 11.3 Å². The van der Waals surface area contributed by atoms with E-state index in [1.165, 1.54) is 29.7 Å². The molecule has 0 saturated carbocycles. The molecule has 1 aromatic heterocycles. The molecule has 106 valence electrons. The molecule has 0 radical (unpaired) electrons. The van der Waals surface area contributed by atoms with Crippen molar-refractivity contribution in [1.82, 2.24) is 10.3 Å². The van der Waals surface area contributed by atoms with Gasteiger partial charge in [0.1, 0.15) is 5.01 Å². The Morgan fingerprint density at radius 1 is 1.40 bits per heavy atom. The quantitative estimate of drug-likeness (QED) is 0.903. The molecule has 3 nitrogen and oxygen atoms in total. The van der Waals surface area contributed by atoms with Crippen LogP contribution >= 0.6 is 11.3 Å². The predicted molar refractivity (Wildman–Crippen MR) is 85.2 cm³/mol. The van der Waals surface area contributed by atoms with Gasteiger partial charge < -0.3 is 10.6 Å². The molecule has 0 bridgehead atoms. The third-order valence-corrected chi connectivity index (χ3v) is 4.91. The van der Waals surface area contributed by atoms with Crippen LogP contribution in [0.5, 0.6) is 0 Å². The highest BCUT2D eigenvalue weighted by Gasteiger charge is 2.22. The molecule has 0 aliphatic carbocycles. The first kappa shape index (κ1) is 13.6. The van der Waals surface area contributed by atoms with Gasteiger partial charge in [-0.2, -0.15) is 0 Å². The number of hydrogen-bond donors (Lipinski definition) is 2.